The van der Waals surface area contributed by atoms with Crippen LogP contribution in [0, 0.1) is 0 Å². The number of hydrogen-bond acceptors (Lipinski definition) is 4. The van der Waals surface area contributed by atoms with Crippen LogP contribution >= 0.6 is 0 Å². The number of hydrogen-bond donors (Lipinski definition) is 2. The molecule has 17 heavy (non-hydrogen) atoms. The molecule has 0 aromatic rings. The van der Waals surface area contributed by atoms with E-state index in [2.05, 4.69) is 4.74 Å². The summed E-state index contributed by atoms with van der Waals surface area (Å²) >= 11 is 0. The standard InChI is InChI=1S/C6H6O3.C6H10O2/c7-6(8)5-3-1-2-4-9-5;7-5-6-3-1-2-4-8-6/h1-5H,(H,7,8);2,4,6-7H,1,3,5H2. The van der Waals surface area contributed by atoms with Crippen LogP contribution in [0.5, 0.6) is 0 Å². The Bertz CT molecular complexity index is 319. The van der Waals surface area contributed by atoms with Crippen LogP contribution in [0.15, 0.2) is 36.8 Å². The molecular formula is C12H16O5. The number of ether oxygens (including phenoxy) is 2. The molecule has 5 nitrogen and oxygen atoms in total. The van der Waals surface area contributed by atoms with E-state index < -0.39 is 12.1 Å². The zero-order valence-corrected chi connectivity index (χ0v) is 9.36. The largest absolute Gasteiger partial charge is 0.496 e. The third-order valence-electron chi connectivity index (χ3n) is 2.17. The number of aliphatic hydroxyl groups excluding tert-OH is 1. The SMILES string of the molecule is O=C(O)C1C=CC=CO1.OCC1CCC=CO1. The van der Waals surface area contributed by atoms with Gasteiger partial charge in [-0.3, -0.25) is 0 Å². The van der Waals surface area contributed by atoms with E-state index in [4.69, 9.17) is 14.9 Å². The zero-order valence-electron chi connectivity index (χ0n) is 9.36. The summed E-state index contributed by atoms with van der Waals surface area (Å²) < 4.78 is 9.67. The minimum atomic E-state index is -0.962. The van der Waals surface area contributed by atoms with Gasteiger partial charge in [0.15, 0.2) is 0 Å². The second-order valence-electron chi connectivity index (χ2n) is 3.50. The third kappa shape index (κ3) is 5.21. The molecule has 0 amide bonds. The van der Waals surface area contributed by atoms with Gasteiger partial charge in [-0.2, -0.15) is 0 Å². The van der Waals surface area contributed by atoms with Gasteiger partial charge in [-0.15, -0.1) is 0 Å². The van der Waals surface area contributed by atoms with Crippen LogP contribution in [0.3, 0.4) is 0 Å². The van der Waals surface area contributed by atoms with Crippen molar-refractivity contribution in [3.05, 3.63) is 36.8 Å². The number of carbonyl (C=O) groups is 1. The van der Waals surface area contributed by atoms with Crippen LogP contribution in [0.4, 0.5) is 0 Å². The lowest BCUT2D eigenvalue weighted by Crippen LogP contribution is -2.19. The quantitative estimate of drug-likeness (QED) is 0.758. The monoisotopic (exact) mass is 240 g/mol. The first kappa shape index (κ1) is 13.3. The van der Waals surface area contributed by atoms with Crippen LogP contribution in [0.1, 0.15) is 12.8 Å². The van der Waals surface area contributed by atoms with Gasteiger partial charge in [0.2, 0.25) is 6.10 Å². The maximum Gasteiger partial charge on any atom is 0.349 e. The van der Waals surface area contributed by atoms with Crippen molar-refractivity contribution in [2.75, 3.05) is 6.61 Å². The van der Waals surface area contributed by atoms with Crippen molar-refractivity contribution in [1.29, 1.82) is 0 Å². The first-order valence-electron chi connectivity index (χ1n) is 5.37. The smallest absolute Gasteiger partial charge is 0.349 e. The maximum atomic E-state index is 10.1. The summed E-state index contributed by atoms with van der Waals surface area (Å²) in [6, 6.07) is 0. The highest BCUT2D eigenvalue weighted by Gasteiger charge is 2.13. The Kier molecular flexibility index (Phi) is 5.88. The van der Waals surface area contributed by atoms with Crippen molar-refractivity contribution in [1.82, 2.24) is 0 Å². The van der Waals surface area contributed by atoms with E-state index in [0.717, 1.165) is 12.8 Å². The Balaban J connectivity index is 0.000000171. The number of aliphatic carboxylic acids is 1. The van der Waals surface area contributed by atoms with Gasteiger partial charge < -0.3 is 19.7 Å². The minimum Gasteiger partial charge on any atom is -0.496 e. The van der Waals surface area contributed by atoms with E-state index >= 15 is 0 Å². The third-order valence-corrected chi connectivity index (χ3v) is 2.17. The fourth-order valence-electron chi connectivity index (χ4n) is 1.25. The number of allylic oxidation sites excluding steroid dienone is 3. The van der Waals surface area contributed by atoms with Crippen LogP contribution < -0.4 is 0 Å². The van der Waals surface area contributed by atoms with E-state index in [1.807, 2.05) is 6.08 Å². The molecule has 0 radical (unpaired) electrons. The Morgan fingerprint density at radius 1 is 1.29 bits per heavy atom. The number of carboxylic acids is 1. The van der Waals surface area contributed by atoms with Gasteiger partial charge in [0.25, 0.3) is 0 Å². The Morgan fingerprint density at radius 2 is 2.12 bits per heavy atom. The lowest BCUT2D eigenvalue weighted by Gasteiger charge is -2.15. The molecule has 0 spiro atoms. The van der Waals surface area contributed by atoms with Crippen molar-refractivity contribution in [3.63, 3.8) is 0 Å². The highest BCUT2D eigenvalue weighted by molar-refractivity contribution is 5.75. The van der Waals surface area contributed by atoms with E-state index in [1.54, 1.807) is 18.4 Å². The minimum absolute atomic E-state index is 0.0556. The summed E-state index contributed by atoms with van der Waals surface area (Å²) in [5.74, 6) is -0.962. The van der Waals surface area contributed by atoms with Gasteiger partial charge >= 0.3 is 5.97 Å². The molecule has 0 bridgehead atoms. The van der Waals surface area contributed by atoms with Crippen molar-refractivity contribution >= 4 is 5.97 Å². The van der Waals surface area contributed by atoms with Gasteiger partial charge in [-0.1, -0.05) is 6.08 Å². The summed E-state index contributed by atoms with van der Waals surface area (Å²) in [5.41, 5.74) is 0. The molecule has 0 fully saturated rings. The number of aliphatic hydroxyl groups is 1. The molecule has 5 heteroatoms. The molecule has 2 aliphatic rings. The van der Waals surface area contributed by atoms with Crippen molar-refractivity contribution in [2.24, 2.45) is 0 Å². The second kappa shape index (κ2) is 7.51. The first-order chi connectivity index (χ1) is 8.24. The van der Waals surface area contributed by atoms with Gasteiger partial charge in [0, 0.05) is 0 Å². The molecule has 2 atom stereocenters. The Morgan fingerprint density at radius 3 is 2.47 bits per heavy atom. The molecule has 2 heterocycles. The molecule has 0 aliphatic carbocycles. The highest BCUT2D eigenvalue weighted by Crippen LogP contribution is 2.08. The van der Waals surface area contributed by atoms with Crippen LogP contribution in [-0.4, -0.2) is 35.0 Å². The molecule has 2 aliphatic heterocycles. The van der Waals surface area contributed by atoms with E-state index in [9.17, 15) is 4.79 Å². The van der Waals surface area contributed by atoms with Crippen LogP contribution in [0.25, 0.3) is 0 Å². The fourth-order valence-corrected chi connectivity index (χ4v) is 1.25. The molecule has 0 aromatic carbocycles. The van der Waals surface area contributed by atoms with Crippen LogP contribution in [-0.2, 0) is 14.3 Å². The van der Waals surface area contributed by atoms with Gasteiger partial charge in [-0.05, 0) is 31.1 Å². The molecule has 0 saturated carbocycles. The summed E-state index contributed by atoms with van der Waals surface area (Å²) in [5, 5.41) is 16.9. The molecule has 94 valence electrons. The predicted molar refractivity (Wildman–Crippen MR) is 61.1 cm³/mol. The molecule has 2 unspecified atom stereocenters. The summed E-state index contributed by atoms with van der Waals surface area (Å²) in [6.45, 7) is 0.143. The Hall–Kier alpha value is -1.75. The molecule has 2 rings (SSSR count). The predicted octanol–water partition coefficient (Wildman–Crippen LogP) is 1.21. The average Bonchev–Trinajstić information content (AvgIpc) is 2.41. The number of rotatable bonds is 2. The van der Waals surface area contributed by atoms with Crippen molar-refractivity contribution < 1.29 is 24.5 Å². The van der Waals surface area contributed by atoms with E-state index in [1.165, 1.54) is 12.3 Å². The molecule has 0 saturated heterocycles. The van der Waals surface area contributed by atoms with Gasteiger partial charge in [0.1, 0.15) is 6.10 Å². The van der Waals surface area contributed by atoms with Gasteiger partial charge in [-0.25, -0.2) is 4.79 Å². The number of carboxylic acid groups (broad SMARTS) is 1. The molecule has 0 aromatic heterocycles. The topological polar surface area (TPSA) is 76.0 Å². The summed E-state index contributed by atoms with van der Waals surface area (Å²) in [7, 11) is 0. The lowest BCUT2D eigenvalue weighted by molar-refractivity contribution is -0.144. The zero-order chi connectivity index (χ0) is 12.5. The van der Waals surface area contributed by atoms with Crippen LogP contribution in [0.2, 0.25) is 0 Å². The van der Waals surface area contributed by atoms with Crippen molar-refractivity contribution in [3.8, 4) is 0 Å². The van der Waals surface area contributed by atoms with E-state index in [-0.39, 0.29) is 12.7 Å². The maximum absolute atomic E-state index is 10.1. The summed E-state index contributed by atoms with van der Waals surface area (Å²) in [4.78, 5) is 10.1. The highest BCUT2D eigenvalue weighted by atomic mass is 16.5. The van der Waals surface area contributed by atoms with Crippen molar-refractivity contribution in [2.45, 2.75) is 25.0 Å². The lowest BCUT2D eigenvalue weighted by atomic mass is 10.2. The Labute approximate surface area is 99.7 Å². The van der Waals surface area contributed by atoms with E-state index in [0.29, 0.717) is 0 Å². The first-order valence-corrected chi connectivity index (χ1v) is 5.37. The molecular weight excluding hydrogens is 224 g/mol. The second-order valence-corrected chi connectivity index (χ2v) is 3.50. The summed E-state index contributed by atoms with van der Waals surface area (Å²) in [6.07, 6.45) is 11.0. The van der Waals surface area contributed by atoms with Gasteiger partial charge in [0.05, 0.1) is 19.1 Å². The fraction of sp³-hybridized carbons (Fsp3) is 0.417. The normalized spacial score (nSPS) is 25.2. The molecule has 2 N–H and O–H groups in total. The average molecular weight is 240 g/mol.